The summed E-state index contributed by atoms with van der Waals surface area (Å²) in [5.74, 6) is -0.108. The third-order valence-corrected chi connectivity index (χ3v) is 6.30. The largest absolute Gasteiger partial charge is 0.350 e. The maximum atomic E-state index is 12.8. The second kappa shape index (κ2) is 9.95. The van der Waals surface area contributed by atoms with Crippen LogP contribution in [-0.2, 0) is 6.54 Å². The van der Waals surface area contributed by atoms with Crippen molar-refractivity contribution in [2.75, 3.05) is 19.6 Å². The number of carbonyl (C=O) groups excluding carboxylic acids is 1. The van der Waals surface area contributed by atoms with Crippen molar-refractivity contribution in [3.8, 4) is 0 Å². The quantitative estimate of drug-likeness (QED) is 0.416. The normalized spacial score (nSPS) is 14.8. The van der Waals surface area contributed by atoms with Gasteiger partial charge in [0, 0.05) is 12.1 Å². The van der Waals surface area contributed by atoms with Gasteiger partial charge in [-0.25, -0.2) is 0 Å². The molecule has 0 bridgehead atoms. The zero-order chi connectivity index (χ0) is 23.4. The molecule has 172 valence electrons. The summed E-state index contributed by atoms with van der Waals surface area (Å²) < 4.78 is 1.63. The van der Waals surface area contributed by atoms with E-state index in [1.807, 2.05) is 30.3 Å². The molecule has 1 amide bonds. The van der Waals surface area contributed by atoms with Gasteiger partial charge in [0.2, 0.25) is 0 Å². The van der Waals surface area contributed by atoms with E-state index in [9.17, 15) is 14.9 Å². The summed E-state index contributed by atoms with van der Waals surface area (Å²) in [7, 11) is 0. The molecule has 0 saturated carbocycles. The van der Waals surface area contributed by atoms with Crippen LogP contribution in [-0.4, -0.2) is 45.1 Å². The first-order chi connectivity index (χ1) is 15.9. The van der Waals surface area contributed by atoms with Crippen LogP contribution in [0.4, 0.5) is 5.69 Å². The molecule has 1 saturated heterocycles. The van der Waals surface area contributed by atoms with E-state index in [0.29, 0.717) is 30.0 Å². The number of aromatic nitrogens is 2. The number of aryl methyl sites for hydroxylation is 1. The van der Waals surface area contributed by atoms with Gasteiger partial charge in [-0.3, -0.25) is 24.5 Å². The van der Waals surface area contributed by atoms with E-state index in [2.05, 4.69) is 27.4 Å². The average molecular weight is 448 g/mol. The SMILES string of the molecule is Cc1nn(Cc2ccc(C(=O)NCC(c3ccccc3)N3CCCC3)cc2)c(C)c1[N+](=O)[O-]. The molecule has 8 heteroatoms. The lowest BCUT2D eigenvalue weighted by atomic mass is 10.1. The molecule has 0 radical (unpaired) electrons. The number of carbonyl (C=O) groups is 1. The predicted molar refractivity (Wildman–Crippen MR) is 126 cm³/mol. The minimum atomic E-state index is -0.396. The zero-order valence-corrected chi connectivity index (χ0v) is 19.0. The molecule has 4 rings (SSSR count). The van der Waals surface area contributed by atoms with E-state index in [1.165, 1.54) is 18.4 Å². The van der Waals surface area contributed by atoms with Crippen LogP contribution in [0, 0.1) is 24.0 Å². The van der Waals surface area contributed by atoms with Crippen molar-refractivity contribution in [1.29, 1.82) is 0 Å². The minimum Gasteiger partial charge on any atom is -0.350 e. The number of nitrogens with one attached hydrogen (secondary N) is 1. The van der Waals surface area contributed by atoms with Gasteiger partial charge in [0.15, 0.2) is 0 Å². The number of likely N-dealkylation sites (tertiary alicyclic amines) is 1. The molecule has 1 unspecified atom stereocenters. The molecule has 0 spiro atoms. The standard InChI is InChI=1S/C25H29N5O3/c1-18-24(30(32)33)19(2)29(27-18)17-20-10-12-22(13-11-20)25(31)26-16-23(28-14-6-7-15-28)21-8-4-3-5-9-21/h3-5,8-13,23H,6-7,14-17H2,1-2H3,(H,26,31). The Labute approximate surface area is 193 Å². The molecule has 1 atom stereocenters. The van der Waals surface area contributed by atoms with Gasteiger partial charge in [-0.1, -0.05) is 42.5 Å². The number of hydrogen-bond acceptors (Lipinski definition) is 5. The first-order valence-electron chi connectivity index (χ1n) is 11.3. The Balaban J connectivity index is 1.41. The van der Waals surface area contributed by atoms with Gasteiger partial charge in [-0.05, 0) is 63.0 Å². The summed E-state index contributed by atoms with van der Waals surface area (Å²) in [6.45, 7) is 6.40. The van der Waals surface area contributed by atoms with Crippen LogP contribution in [0.15, 0.2) is 54.6 Å². The molecule has 33 heavy (non-hydrogen) atoms. The Kier molecular flexibility index (Phi) is 6.84. The molecular weight excluding hydrogens is 418 g/mol. The number of amides is 1. The summed E-state index contributed by atoms with van der Waals surface area (Å²) in [6, 6.07) is 17.8. The number of hydrogen-bond donors (Lipinski definition) is 1. The maximum Gasteiger partial charge on any atom is 0.312 e. The number of nitrogens with zero attached hydrogens (tertiary/aromatic N) is 4. The van der Waals surface area contributed by atoms with Crippen molar-refractivity contribution in [2.45, 2.75) is 39.3 Å². The van der Waals surface area contributed by atoms with E-state index < -0.39 is 4.92 Å². The molecule has 1 aliphatic rings. The molecule has 2 heterocycles. The van der Waals surface area contributed by atoms with Gasteiger partial charge in [0.05, 0.1) is 17.5 Å². The maximum absolute atomic E-state index is 12.8. The first-order valence-corrected chi connectivity index (χ1v) is 11.3. The smallest absolute Gasteiger partial charge is 0.312 e. The zero-order valence-electron chi connectivity index (χ0n) is 19.0. The molecule has 1 aromatic heterocycles. The average Bonchev–Trinajstić information content (AvgIpc) is 3.43. The Morgan fingerprint density at radius 2 is 1.76 bits per heavy atom. The van der Waals surface area contributed by atoms with Crippen molar-refractivity contribution in [3.63, 3.8) is 0 Å². The number of rotatable bonds is 8. The van der Waals surface area contributed by atoms with Crippen LogP contribution in [0.25, 0.3) is 0 Å². The molecule has 3 aromatic rings. The van der Waals surface area contributed by atoms with Gasteiger partial charge < -0.3 is 5.32 Å². The number of nitro groups is 1. The fourth-order valence-corrected chi connectivity index (χ4v) is 4.52. The second-order valence-corrected chi connectivity index (χ2v) is 8.51. The highest BCUT2D eigenvalue weighted by atomic mass is 16.6. The van der Waals surface area contributed by atoms with Gasteiger partial charge in [-0.2, -0.15) is 5.10 Å². The molecular formula is C25H29N5O3. The van der Waals surface area contributed by atoms with E-state index in [4.69, 9.17) is 0 Å². The van der Waals surface area contributed by atoms with Crippen LogP contribution >= 0.6 is 0 Å². The van der Waals surface area contributed by atoms with Crippen molar-refractivity contribution in [1.82, 2.24) is 20.0 Å². The Hall–Kier alpha value is -3.52. The summed E-state index contributed by atoms with van der Waals surface area (Å²) >= 11 is 0. The minimum absolute atomic E-state index is 0.0528. The fraction of sp³-hybridized carbons (Fsp3) is 0.360. The van der Waals surface area contributed by atoms with Gasteiger partial charge >= 0.3 is 5.69 Å². The topological polar surface area (TPSA) is 93.3 Å². The highest BCUT2D eigenvalue weighted by Gasteiger charge is 2.24. The van der Waals surface area contributed by atoms with Crippen LogP contribution in [0.1, 0.15) is 51.8 Å². The summed E-state index contributed by atoms with van der Waals surface area (Å²) in [5, 5.41) is 18.6. The highest BCUT2D eigenvalue weighted by Crippen LogP contribution is 2.25. The van der Waals surface area contributed by atoms with Crippen molar-refractivity contribution in [3.05, 3.63) is 92.8 Å². The summed E-state index contributed by atoms with van der Waals surface area (Å²) in [5.41, 5.74) is 3.70. The molecule has 0 aliphatic carbocycles. The van der Waals surface area contributed by atoms with E-state index >= 15 is 0 Å². The molecule has 1 fully saturated rings. The lowest BCUT2D eigenvalue weighted by molar-refractivity contribution is -0.386. The Morgan fingerprint density at radius 3 is 2.36 bits per heavy atom. The van der Waals surface area contributed by atoms with Crippen molar-refractivity contribution < 1.29 is 9.72 Å². The van der Waals surface area contributed by atoms with Crippen LogP contribution < -0.4 is 5.32 Å². The predicted octanol–water partition coefficient (Wildman–Crippen LogP) is 4.02. The first kappa shape index (κ1) is 22.7. The van der Waals surface area contributed by atoms with Gasteiger partial charge in [0.25, 0.3) is 5.91 Å². The number of benzene rings is 2. The Morgan fingerprint density at radius 1 is 1.09 bits per heavy atom. The molecule has 1 aliphatic heterocycles. The third kappa shape index (κ3) is 5.12. The van der Waals surface area contributed by atoms with Gasteiger partial charge in [-0.15, -0.1) is 0 Å². The summed E-state index contributed by atoms with van der Waals surface area (Å²) in [4.78, 5) is 26.1. The van der Waals surface area contributed by atoms with E-state index in [-0.39, 0.29) is 17.6 Å². The van der Waals surface area contributed by atoms with Crippen molar-refractivity contribution >= 4 is 11.6 Å². The van der Waals surface area contributed by atoms with Crippen LogP contribution in [0.2, 0.25) is 0 Å². The van der Waals surface area contributed by atoms with Gasteiger partial charge in [0.1, 0.15) is 11.4 Å². The third-order valence-electron chi connectivity index (χ3n) is 6.30. The lowest BCUT2D eigenvalue weighted by Gasteiger charge is -2.28. The molecule has 2 aromatic carbocycles. The van der Waals surface area contributed by atoms with Crippen LogP contribution in [0.5, 0.6) is 0 Å². The van der Waals surface area contributed by atoms with E-state index in [0.717, 1.165) is 18.7 Å². The van der Waals surface area contributed by atoms with Crippen molar-refractivity contribution in [2.24, 2.45) is 0 Å². The fourth-order valence-electron chi connectivity index (χ4n) is 4.52. The Bertz CT molecular complexity index is 1120. The summed E-state index contributed by atoms with van der Waals surface area (Å²) in [6.07, 6.45) is 2.38. The van der Waals surface area contributed by atoms with Crippen LogP contribution in [0.3, 0.4) is 0 Å². The monoisotopic (exact) mass is 447 g/mol. The second-order valence-electron chi connectivity index (χ2n) is 8.51. The van der Waals surface area contributed by atoms with E-state index in [1.54, 1.807) is 30.7 Å². The molecule has 8 nitrogen and oxygen atoms in total. The molecule has 1 N–H and O–H groups in total. The highest BCUT2D eigenvalue weighted by molar-refractivity contribution is 5.94. The lowest BCUT2D eigenvalue weighted by Crippen LogP contribution is -2.36.